The number of rotatable bonds is 2. The molecule has 0 unspecified atom stereocenters. The third-order valence-electron chi connectivity index (χ3n) is 0.500. The predicted molar refractivity (Wildman–Crippen MR) is 44.4 cm³/mol. The van der Waals surface area contributed by atoms with Crippen LogP contribution in [0.4, 0.5) is 0 Å². The molecule has 0 aliphatic rings. The second-order valence-electron chi connectivity index (χ2n) is 1.37. The molecule has 0 fully saturated rings. The fourth-order valence-electron chi connectivity index (χ4n) is 0.250. The molecule has 1 N–H and O–H groups in total. The van der Waals surface area contributed by atoms with Crippen molar-refractivity contribution in [2.45, 2.75) is 13.8 Å². The van der Waals surface area contributed by atoms with Gasteiger partial charge >= 0.3 is 0 Å². The van der Waals surface area contributed by atoms with E-state index in [1.165, 1.54) is 0 Å². The lowest BCUT2D eigenvalue weighted by molar-refractivity contribution is 0.762. The second-order valence-corrected chi connectivity index (χ2v) is 2.18. The van der Waals surface area contributed by atoms with Crippen LogP contribution in [0.3, 0.4) is 0 Å². The van der Waals surface area contributed by atoms with Gasteiger partial charge in [-0.2, -0.15) is 0 Å². The van der Waals surface area contributed by atoms with Crippen LogP contribution in [0.1, 0.15) is 13.8 Å². The van der Waals surface area contributed by atoms with Crippen molar-refractivity contribution in [3.63, 3.8) is 0 Å². The average Bonchev–Trinajstić information content (AvgIpc) is 1.71. The average molecular weight is 131 g/mol. The van der Waals surface area contributed by atoms with Crippen LogP contribution in [-0.4, -0.2) is 23.3 Å². The van der Waals surface area contributed by atoms with Crippen molar-refractivity contribution in [2.75, 3.05) is 13.1 Å². The summed E-state index contributed by atoms with van der Waals surface area (Å²) < 4.78 is 0. The third-order valence-corrected chi connectivity index (χ3v) is 0.500. The van der Waals surface area contributed by atoms with Gasteiger partial charge in [-0.1, -0.05) is 13.8 Å². The molecule has 0 amide bonds. The van der Waals surface area contributed by atoms with Crippen LogP contribution in [0.25, 0.3) is 0 Å². The van der Waals surface area contributed by atoms with Gasteiger partial charge in [0.25, 0.3) is 0 Å². The second kappa shape index (κ2) is 15.8. The van der Waals surface area contributed by atoms with Gasteiger partial charge in [0.2, 0.25) is 0 Å². The van der Waals surface area contributed by atoms with E-state index in [2.05, 4.69) is 25.7 Å². The molecule has 0 rings (SSSR count). The molecule has 0 spiro atoms. The Morgan fingerprint density at radius 2 is 1.75 bits per heavy atom. The molecule has 0 aromatic rings. The van der Waals surface area contributed by atoms with Gasteiger partial charge in [-0.25, -0.2) is 0 Å². The molecule has 0 radical (unpaired) electrons. The molecule has 0 bridgehead atoms. The van der Waals surface area contributed by atoms with Crippen molar-refractivity contribution in [1.82, 2.24) is 5.32 Å². The molecular formula is C6H17NSi. The Morgan fingerprint density at radius 1 is 1.50 bits per heavy atom. The molecule has 0 aliphatic heterocycles. The summed E-state index contributed by atoms with van der Waals surface area (Å²) in [6.45, 7) is 9.81. The van der Waals surface area contributed by atoms with Gasteiger partial charge in [0.15, 0.2) is 0 Å². The molecule has 0 saturated carbocycles. The maximum absolute atomic E-state index is 3.42. The topological polar surface area (TPSA) is 12.0 Å². The summed E-state index contributed by atoms with van der Waals surface area (Å²) >= 11 is 0. The largest absolute Gasteiger partial charge is 0.317 e. The first-order valence-electron chi connectivity index (χ1n) is 3.11. The highest BCUT2D eigenvalue weighted by Gasteiger charge is 1.62. The Hall–Kier alpha value is -0.0831. The van der Waals surface area contributed by atoms with Gasteiger partial charge in [-0.05, 0) is 13.1 Å². The zero-order chi connectivity index (χ0) is 6.83. The molecule has 0 aromatic heterocycles. The van der Waals surface area contributed by atoms with Crippen molar-refractivity contribution in [2.24, 2.45) is 0 Å². The minimum absolute atomic E-state index is 1.09. The van der Waals surface area contributed by atoms with E-state index >= 15 is 0 Å². The summed E-state index contributed by atoms with van der Waals surface area (Å²) in [5.41, 5.74) is 1.89. The van der Waals surface area contributed by atoms with Crippen LogP contribution in [0, 0.1) is 0 Å². The molecule has 1 nitrogen and oxygen atoms in total. The van der Waals surface area contributed by atoms with Gasteiger partial charge < -0.3 is 5.32 Å². The van der Waals surface area contributed by atoms with Crippen molar-refractivity contribution in [3.05, 3.63) is 12.3 Å². The first kappa shape index (κ1) is 10.8. The van der Waals surface area contributed by atoms with Crippen molar-refractivity contribution < 1.29 is 0 Å². The summed E-state index contributed by atoms with van der Waals surface area (Å²) in [6.07, 6.45) is 0. The zero-order valence-electron chi connectivity index (χ0n) is 6.20. The Balaban J connectivity index is 0. The van der Waals surface area contributed by atoms with E-state index in [0.29, 0.717) is 0 Å². The monoisotopic (exact) mass is 131 g/mol. The van der Waals surface area contributed by atoms with Crippen molar-refractivity contribution in [3.8, 4) is 0 Å². The summed E-state index contributed by atoms with van der Waals surface area (Å²) in [7, 11) is 1.13. The van der Waals surface area contributed by atoms with E-state index in [1.807, 2.05) is 5.70 Å². The Bertz CT molecular complexity index is 35.5. The van der Waals surface area contributed by atoms with E-state index < -0.39 is 0 Å². The smallest absolute Gasteiger partial charge is 0.0283 e. The summed E-state index contributed by atoms with van der Waals surface area (Å²) in [6, 6.07) is 0. The lowest BCUT2D eigenvalue weighted by Gasteiger charge is -1.86. The van der Waals surface area contributed by atoms with Gasteiger partial charge in [0, 0.05) is 10.2 Å². The quantitative estimate of drug-likeness (QED) is 0.525. The normalized spacial score (nSPS) is 7.25. The van der Waals surface area contributed by atoms with Crippen LogP contribution in [0.5, 0.6) is 0 Å². The van der Waals surface area contributed by atoms with Crippen molar-refractivity contribution >= 4 is 10.2 Å². The number of hydrogen-bond acceptors (Lipinski definition) is 1. The first-order chi connectivity index (χ1) is 3.83. The van der Waals surface area contributed by atoms with Crippen LogP contribution in [-0.2, 0) is 0 Å². The summed E-state index contributed by atoms with van der Waals surface area (Å²) in [5.74, 6) is 0. The Kier molecular flexibility index (Phi) is 21.3. The summed E-state index contributed by atoms with van der Waals surface area (Å²) in [5, 5.41) is 3.11. The molecule has 0 atom stereocenters. The maximum Gasteiger partial charge on any atom is 0.0283 e. The molecule has 0 saturated heterocycles. The molecular weight excluding hydrogens is 114 g/mol. The van der Waals surface area contributed by atoms with Crippen LogP contribution >= 0.6 is 0 Å². The molecule has 2 heteroatoms. The highest BCUT2D eigenvalue weighted by molar-refractivity contribution is 6.16. The molecule has 0 aromatic carbocycles. The van der Waals surface area contributed by atoms with Crippen molar-refractivity contribution in [1.29, 1.82) is 0 Å². The summed E-state index contributed by atoms with van der Waals surface area (Å²) in [4.78, 5) is 0. The standard InChI is InChI=1S/C4H11N.C2H6Si/c1-3-5-4-2;1-2-3/h5H,3-4H2,1-2H3;2H,1H2,3H3. The van der Waals surface area contributed by atoms with E-state index in [9.17, 15) is 0 Å². The zero-order valence-corrected chi connectivity index (χ0v) is 8.20. The lowest BCUT2D eigenvalue weighted by Crippen LogP contribution is -2.09. The van der Waals surface area contributed by atoms with Gasteiger partial charge in [-0.3, -0.25) is 0 Å². The highest BCUT2D eigenvalue weighted by Crippen LogP contribution is 1.47. The third kappa shape index (κ3) is 38.9. The van der Waals surface area contributed by atoms with E-state index in [0.717, 1.165) is 23.3 Å². The fraction of sp³-hybridized carbons (Fsp3) is 0.667. The minimum atomic E-state index is 1.09. The minimum Gasteiger partial charge on any atom is -0.317 e. The van der Waals surface area contributed by atoms with Gasteiger partial charge in [0.05, 0.1) is 0 Å². The lowest BCUT2D eigenvalue weighted by atomic mass is 10.7. The fourth-order valence-corrected chi connectivity index (χ4v) is 0.250. The molecule has 0 aliphatic carbocycles. The van der Waals surface area contributed by atoms with E-state index in [-0.39, 0.29) is 0 Å². The van der Waals surface area contributed by atoms with Crippen LogP contribution < -0.4 is 5.32 Å². The molecule has 50 valence electrons. The van der Waals surface area contributed by atoms with Crippen LogP contribution in [0.2, 0.25) is 0 Å². The Labute approximate surface area is 55.6 Å². The number of hydrogen-bond donors (Lipinski definition) is 1. The van der Waals surface area contributed by atoms with Crippen LogP contribution in [0.15, 0.2) is 12.3 Å². The molecule has 8 heavy (non-hydrogen) atoms. The predicted octanol–water partition coefficient (Wildman–Crippen LogP) is 0.111. The first-order valence-corrected chi connectivity index (χ1v) is 4.26. The number of nitrogens with one attached hydrogen (secondary N) is 1. The van der Waals surface area contributed by atoms with Gasteiger partial charge in [0.1, 0.15) is 0 Å². The Morgan fingerprint density at radius 3 is 1.75 bits per heavy atom. The van der Waals surface area contributed by atoms with E-state index in [4.69, 9.17) is 0 Å². The van der Waals surface area contributed by atoms with Gasteiger partial charge in [-0.15, -0.1) is 12.3 Å². The van der Waals surface area contributed by atoms with E-state index in [1.54, 1.807) is 0 Å². The SMILES string of the molecule is C=C[SiH3].CCNCC. The molecule has 0 heterocycles. The highest BCUT2D eigenvalue weighted by atomic mass is 28.1. The maximum atomic E-state index is 3.42.